The fourth-order valence-electron chi connectivity index (χ4n) is 2.20. The smallest absolute Gasteiger partial charge is 0.188 e. The Morgan fingerprint density at radius 3 is 2.43 bits per heavy atom. The van der Waals surface area contributed by atoms with Crippen molar-refractivity contribution in [3.63, 3.8) is 0 Å². The molecule has 0 aliphatic carbocycles. The van der Waals surface area contributed by atoms with Crippen LogP contribution in [-0.2, 0) is 4.74 Å². The van der Waals surface area contributed by atoms with Gasteiger partial charge in [-0.05, 0) is 35.9 Å². The van der Waals surface area contributed by atoms with Crippen LogP contribution in [0.25, 0.3) is 6.08 Å². The van der Waals surface area contributed by atoms with Crippen molar-refractivity contribution in [1.82, 2.24) is 19.6 Å². The lowest BCUT2D eigenvalue weighted by Crippen LogP contribution is -2.16. The number of rotatable bonds is 7. The molecule has 6 heteroatoms. The van der Waals surface area contributed by atoms with Crippen LogP contribution in [0.15, 0.2) is 67.3 Å². The highest BCUT2D eigenvalue weighted by Gasteiger charge is 2.09. The van der Waals surface area contributed by atoms with Crippen LogP contribution < -0.4 is 4.74 Å². The molecule has 0 saturated heterocycles. The second-order valence-electron chi connectivity index (χ2n) is 4.87. The predicted octanol–water partition coefficient (Wildman–Crippen LogP) is 2.82. The highest BCUT2D eigenvalue weighted by Crippen LogP contribution is 2.17. The van der Waals surface area contributed by atoms with E-state index in [4.69, 9.17) is 9.47 Å². The maximum absolute atomic E-state index is 5.46. The zero-order valence-electron chi connectivity index (χ0n) is 12.8. The molecular formula is C17H18N4O2. The van der Waals surface area contributed by atoms with Gasteiger partial charge in [-0.1, -0.05) is 18.2 Å². The number of ether oxygens (including phenoxy) is 2. The number of benzene rings is 1. The summed E-state index contributed by atoms with van der Waals surface area (Å²) in [5, 5.41) is 8.61. The zero-order valence-corrected chi connectivity index (χ0v) is 12.8. The van der Waals surface area contributed by atoms with Gasteiger partial charge in [0.25, 0.3) is 0 Å². The van der Waals surface area contributed by atoms with Crippen LogP contribution in [0.3, 0.4) is 0 Å². The van der Waals surface area contributed by atoms with Gasteiger partial charge >= 0.3 is 0 Å². The maximum atomic E-state index is 5.46. The Morgan fingerprint density at radius 1 is 1.09 bits per heavy atom. The van der Waals surface area contributed by atoms with Gasteiger partial charge in [-0.3, -0.25) is 0 Å². The molecule has 6 nitrogen and oxygen atoms in total. The number of aromatic nitrogens is 4. The molecule has 0 atom stereocenters. The molecule has 23 heavy (non-hydrogen) atoms. The van der Waals surface area contributed by atoms with Gasteiger partial charge in [0.15, 0.2) is 13.0 Å². The van der Waals surface area contributed by atoms with Gasteiger partial charge in [0.2, 0.25) is 0 Å². The normalized spacial score (nSPS) is 11.4. The number of allylic oxidation sites excluding steroid dienone is 1. The fourth-order valence-corrected chi connectivity index (χ4v) is 2.20. The predicted molar refractivity (Wildman–Crippen MR) is 86.9 cm³/mol. The lowest BCUT2D eigenvalue weighted by Gasteiger charge is -2.14. The van der Waals surface area contributed by atoms with Crippen LogP contribution >= 0.6 is 0 Å². The number of methoxy groups -OCH3 is 1. The standard InChI is InChI=1S/C17H18N4O2/c1-22-14-23-16-6-2-5-15(13-16)7-8-17(20-11-3-9-18-20)21-12-4-10-19-21/h2-13,17H,14H2,1H3/b8-7+. The minimum atomic E-state index is -0.122. The van der Waals surface area contributed by atoms with Crippen LogP contribution in [-0.4, -0.2) is 33.5 Å². The van der Waals surface area contributed by atoms with Gasteiger partial charge in [-0.15, -0.1) is 0 Å². The first-order chi connectivity index (χ1) is 11.4. The molecule has 2 heterocycles. The average molecular weight is 310 g/mol. The molecule has 118 valence electrons. The van der Waals surface area contributed by atoms with Gasteiger partial charge in [0, 0.05) is 31.9 Å². The molecule has 3 rings (SSSR count). The van der Waals surface area contributed by atoms with Crippen molar-refractivity contribution in [1.29, 1.82) is 0 Å². The van der Waals surface area contributed by atoms with Gasteiger partial charge < -0.3 is 9.47 Å². The summed E-state index contributed by atoms with van der Waals surface area (Å²) in [7, 11) is 1.60. The first kappa shape index (κ1) is 15.1. The van der Waals surface area contributed by atoms with Gasteiger partial charge in [-0.2, -0.15) is 10.2 Å². The van der Waals surface area contributed by atoms with E-state index >= 15 is 0 Å². The van der Waals surface area contributed by atoms with Crippen molar-refractivity contribution in [3.8, 4) is 5.75 Å². The molecule has 0 N–H and O–H groups in total. The molecule has 0 saturated carbocycles. The topological polar surface area (TPSA) is 54.1 Å². The Hall–Kier alpha value is -2.86. The van der Waals surface area contributed by atoms with Gasteiger partial charge in [0.1, 0.15) is 5.75 Å². The van der Waals surface area contributed by atoms with Gasteiger partial charge in [0.05, 0.1) is 0 Å². The van der Waals surface area contributed by atoms with E-state index in [1.54, 1.807) is 19.5 Å². The van der Waals surface area contributed by atoms with E-state index in [0.717, 1.165) is 11.3 Å². The number of hydrogen-bond acceptors (Lipinski definition) is 4. The molecule has 0 unspecified atom stereocenters. The van der Waals surface area contributed by atoms with Crippen molar-refractivity contribution in [2.24, 2.45) is 0 Å². The Labute approximate surface area is 134 Å². The molecule has 0 aliphatic heterocycles. The summed E-state index contributed by atoms with van der Waals surface area (Å²) in [6.07, 6.45) is 11.3. The van der Waals surface area contributed by atoms with E-state index in [2.05, 4.69) is 10.2 Å². The van der Waals surface area contributed by atoms with Crippen LogP contribution in [0.5, 0.6) is 5.75 Å². The first-order valence-electron chi connectivity index (χ1n) is 7.25. The van der Waals surface area contributed by atoms with Crippen LogP contribution in [0.4, 0.5) is 0 Å². The molecule has 0 radical (unpaired) electrons. The quantitative estimate of drug-likeness (QED) is 0.630. The van der Waals surface area contributed by atoms with E-state index in [9.17, 15) is 0 Å². The number of nitrogens with zero attached hydrogens (tertiary/aromatic N) is 4. The number of hydrogen-bond donors (Lipinski definition) is 0. The maximum Gasteiger partial charge on any atom is 0.188 e. The molecule has 0 amide bonds. The molecule has 0 fully saturated rings. The van der Waals surface area contributed by atoms with Gasteiger partial charge in [-0.25, -0.2) is 9.36 Å². The lowest BCUT2D eigenvalue weighted by atomic mass is 10.2. The molecular weight excluding hydrogens is 292 g/mol. The summed E-state index contributed by atoms with van der Waals surface area (Å²) < 4.78 is 14.1. The molecule has 1 aromatic carbocycles. The third-order valence-electron chi connectivity index (χ3n) is 3.25. The summed E-state index contributed by atoms with van der Waals surface area (Å²) in [6.45, 7) is 0.233. The van der Waals surface area contributed by atoms with Crippen LogP contribution in [0.1, 0.15) is 11.7 Å². The van der Waals surface area contributed by atoms with Crippen molar-refractivity contribution < 1.29 is 9.47 Å². The largest absolute Gasteiger partial charge is 0.468 e. The molecule has 0 aliphatic rings. The summed E-state index contributed by atoms with van der Waals surface area (Å²) in [6, 6.07) is 11.6. The minimum absolute atomic E-state index is 0.122. The van der Waals surface area contributed by atoms with Crippen molar-refractivity contribution in [2.75, 3.05) is 13.9 Å². The third kappa shape index (κ3) is 3.87. The molecule has 2 aromatic heterocycles. The van der Waals surface area contributed by atoms with E-state index in [-0.39, 0.29) is 13.0 Å². The Bertz CT molecular complexity index is 702. The lowest BCUT2D eigenvalue weighted by molar-refractivity contribution is 0.0511. The summed E-state index contributed by atoms with van der Waals surface area (Å²) in [4.78, 5) is 0. The third-order valence-corrected chi connectivity index (χ3v) is 3.25. The van der Waals surface area contributed by atoms with Crippen molar-refractivity contribution >= 4 is 6.08 Å². The highest BCUT2D eigenvalue weighted by atomic mass is 16.7. The SMILES string of the molecule is COCOc1cccc(/C=C/C(n2cccn2)n2cccn2)c1. The van der Waals surface area contributed by atoms with E-state index in [1.165, 1.54) is 0 Å². The zero-order chi connectivity index (χ0) is 15.9. The summed E-state index contributed by atoms with van der Waals surface area (Å²) in [5.41, 5.74) is 1.03. The molecule has 3 aromatic rings. The molecule has 0 spiro atoms. The van der Waals surface area contributed by atoms with Crippen LogP contribution in [0.2, 0.25) is 0 Å². The van der Waals surface area contributed by atoms with Crippen molar-refractivity contribution in [2.45, 2.75) is 6.17 Å². The molecule has 0 bridgehead atoms. The monoisotopic (exact) mass is 310 g/mol. The van der Waals surface area contributed by atoms with Crippen LogP contribution in [0, 0.1) is 0 Å². The van der Waals surface area contributed by atoms with Crippen molar-refractivity contribution in [3.05, 3.63) is 72.8 Å². The Balaban J connectivity index is 1.81. The Kier molecular flexibility index (Phi) is 4.85. The van der Waals surface area contributed by atoms with E-state index in [0.29, 0.717) is 0 Å². The summed E-state index contributed by atoms with van der Waals surface area (Å²) >= 11 is 0. The van der Waals surface area contributed by atoms with E-state index < -0.39 is 0 Å². The second kappa shape index (κ2) is 7.42. The summed E-state index contributed by atoms with van der Waals surface area (Å²) in [5.74, 6) is 0.767. The fraction of sp³-hybridized carbons (Fsp3) is 0.176. The highest BCUT2D eigenvalue weighted by molar-refractivity contribution is 5.52. The second-order valence-corrected chi connectivity index (χ2v) is 4.87. The van der Waals surface area contributed by atoms with E-state index in [1.807, 2.05) is 70.3 Å². The first-order valence-corrected chi connectivity index (χ1v) is 7.25. The minimum Gasteiger partial charge on any atom is -0.468 e. The Morgan fingerprint density at radius 2 is 1.83 bits per heavy atom. The average Bonchev–Trinajstić information content (AvgIpc) is 3.28.